The summed E-state index contributed by atoms with van der Waals surface area (Å²) in [7, 11) is 0. The lowest BCUT2D eigenvalue weighted by Crippen LogP contribution is -2.51. The molecule has 5 aromatic carbocycles. The van der Waals surface area contributed by atoms with E-state index in [2.05, 4.69) is 52.6 Å². The number of esters is 16. The quantitative estimate of drug-likeness (QED) is 0.00904. The maximum Gasteiger partial charge on any atom is 0.333 e. The van der Waals surface area contributed by atoms with Crippen molar-refractivity contribution >= 4 is 162 Å². The van der Waals surface area contributed by atoms with Crippen molar-refractivity contribution in [3.05, 3.63) is 168 Å². The normalized spacial score (nSPS) is 12.0. The van der Waals surface area contributed by atoms with Gasteiger partial charge in [-0.2, -0.15) is 0 Å². The van der Waals surface area contributed by atoms with Gasteiger partial charge in [0.05, 0.1) is 51.4 Å². The second-order valence-corrected chi connectivity index (χ2v) is 29.6. The highest BCUT2D eigenvalue weighted by molar-refractivity contribution is 6.41. The maximum absolute atomic E-state index is 15.3. The molecular weight excluding hydrogens is 1680 g/mol. The summed E-state index contributed by atoms with van der Waals surface area (Å²) in [5.74, 6) is -19.9. The minimum atomic E-state index is -1.69. The van der Waals surface area contributed by atoms with E-state index in [1.807, 2.05) is 0 Å². The van der Waals surface area contributed by atoms with Crippen molar-refractivity contribution in [3.8, 4) is 0 Å². The highest BCUT2D eigenvalue weighted by Gasteiger charge is 2.43. The number of rotatable bonds is 50. The Bertz CT molecular complexity index is 4680. The standard InChI is InChI=1S/C90H94N2O36/c1-45(2)83(105)117-37-55(38-118-84(106)46(3)4)125-71(97)29-25-67(93)113-33-53(34-114-68(94)26-30-72(98)126-56(39-119-85(107)47(5)6)40-120-86(108)48(7)8)91-79(101)63-21-17-59-61-19-23-65-78-66(24-20-62(76(61)78)60-18-22-64(80(91)102)77(63)75(59)60)82(104)92(81(65)103)54(35-115-69(95)27-31-73(99)127-57(41-121-87(109)49(9)10)42-122-88(110)50(11)12)36-116-70(96)28-32-74(100)128-58(43-123-89(111)51(13)14)44-124-90(112)52(15)16/h17-24,53-58H,1,3,5,7,9,11,13,15,25-44H2,2,4,6,8,10,12,14,16H3. The molecule has 2 aliphatic rings. The van der Waals surface area contributed by atoms with Gasteiger partial charge in [0.25, 0.3) is 23.6 Å². The van der Waals surface area contributed by atoms with Gasteiger partial charge in [0.1, 0.15) is 91.4 Å². The summed E-state index contributed by atoms with van der Waals surface area (Å²) >= 11 is 0. The summed E-state index contributed by atoms with van der Waals surface area (Å²) in [5.41, 5.74) is -0.597. The van der Waals surface area contributed by atoms with Crippen LogP contribution in [0.1, 0.15) is 148 Å². The van der Waals surface area contributed by atoms with Crippen LogP contribution in [0.3, 0.4) is 0 Å². The molecule has 0 saturated heterocycles. The largest absolute Gasteiger partial charge is 0.463 e. The molecule has 0 aliphatic carbocycles. The first-order chi connectivity index (χ1) is 60.4. The molecular formula is C90H94N2O36. The minimum absolute atomic E-state index is 0.0135. The van der Waals surface area contributed by atoms with Crippen molar-refractivity contribution in [3.63, 3.8) is 0 Å². The maximum atomic E-state index is 15.3. The third-order valence-electron chi connectivity index (χ3n) is 18.5. The highest BCUT2D eigenvalue weighted by Crippen LogP contribution is 2.47. The van der Waals surface area contributed by atoms with Gasteiger partial charge in [-0.05, 0) is 112 Å². The van der Waals surface area contributed by atoms with Crippen LogP contribution in [-0.4, -0.2) is 245 Å². The van der Waals surface area contributed by atoms with Crippen LogP contribution in [0.25, 0.3) is 43.1 Å². The Hall–Kier alpha value is -14.9. The Morgan fingerprint density at radius 2 is 0.383 bits per heavy atom. The fraction of sp³-hybridized carbons (Fsp3) is 0.378. The van der Waals surface area contributed by atoms with Gasteiger partial charge in [0.2, 0.25) is 0 Å². The average molecular weight is 1780 g/mol. The van der Waals surface area contributed by atoms with Crippen molar-refractivity contribution in [2.75, 3.05) is 79.3 Å². The molecule has 4 amide bonds. The van der Waals surface area contributed by atoms with Crippen LogP contribution in [0.5, 0.6) is 0 Å². The Morgan fingerprint density at radius 3 is 0.539 bits per heavy atom. The van der Waals surface area contributed by atoms with Gasteiger partial charge in [-0.1, -0.05) is 76.9 Å². The van der Waals surface area contributed by atoms with E-state index in [1.165, 1.54) is 104 Å². The predicted molar refractivity (Wildman–Crippen MR) is 443 cm³/mol. The zero-order chi connectivity index (χ0) is 94.8. The van der Waals surface area contributed by atoms with Gasteiger partial charge >= 0.3 is 95.5 Å². The molecule has 680 valence electrons. The van der Waals surface area contributed by atoms with E-state index in [0.717, 1.165) is 0 Å². The van der Waals surface area contributed by atoms with E-state index in [4.69, 9.17) is 75.8 Å². The first-order valence-corrected chi connectivity index (χ1v) is 39.4. The summed E-state index contributed by atoms with van der Waals surface area (Å²) in [6, 6.07) is 8.18. The number of imide groups is 2. The van der Waals surface area contributed by atoms with Crippen LogP contribution >= 0.6 is 0 Å². The number of amides is 4. The third kappa shape index (κ3) is 27.6. The second-order valence-electron chi connectivity index (χ2n) is 29.6. The van der Waals surface area contributed by atoms with Crippen LogP contribution in [0.15, 0.2) is 146 Å². The average Bonchev–Trinajstić information content (AvgIpc) is 0.688. The van der Waals surface area contributed by atoms with Gasteiger partial charge in [0.15, 0.2) is 24.4 Å². The first kappa shape index (κ1) is 100. The summed E-state index contributed by atoms with van der Waals surface area (Å²) < 4.78 is 84.4. The van der Waals surface area contributed by atoms with Crippen molar-refractivity contribution < 1.29 is 172 Å². The molecule has 0 spiro atoms. The number of ether oxygens (including phenoxy) is 16. The van der Waals surface area contributed by atoms with Gasteiger partial charge in [-0.25, -0.2) is 38.4 Å². The van der Waals surface area contributed by atoms with Gasteiger partial charge in [-0.3, -0.25) is 67.3 Å². The van der Waals surface area contributed by atoms with Crippen LogP contribution in [0.2, 0.25) is 0 Å². The highest BCUT2D eigenvalue weighted by atomic mass is 16.6. The number of fused-ring (bicyclic) bond motifs is 2. The molecule has 2 aliphatic heterocycles. The van der Waals surface area contributed by atoms with E-state index < -0.39 is 286 Å². The molecule has 0 radical (unpaired) electrons. The Labute approximate surface area is 731 Å². The van der Waals surface area contributed by atoms with Crippen molar-refractivity contribution in [2.45, 2.75) is 143 Å². The molecule has 128 heavy (non-hydrogen) atoms. The topological polar surface area (TPSA) is 496 Å². The number of carbonyl (C=O) groups is 20. The number of hydrogen-bond donors (Lipinski definition) is 0. The van der Waals surface area contributed by atoms with E-state index in [-0.39, 0.29) is 77.6 Å². The fourth-order valence-electron chi connectivity index (χ4n) is 12.0. The van der Waals surface area contributed by atoms with E-state index in [0.29, 0.717) is 42.1 Å². The fourth-order valence-corrected chi connectivity index (χ4v) is 12.0. The van der Waals surface area contributed by atoms with Crippen molar-refractivity contribution in [1.82, 2.24) is 9.80 Å². The van der Waals surface area contributed by atoms with Crippen LogP contribution in [-0.2, 0) is 153 Å². The molecule has 0 atom stereocenters. The van der Waals surface area contributed by atoms with E-state index in [1.54, 1.807) is 0 Å². The SMILES string of the molecule is C=C(C)C(=O)OCC(COC(=O)C(=C)C)OC(=O)CCC(=O)OCC(COC(=O)CCC(=O)OC(COC(=O)C(=C)C)COC(=O)C(=C)C)N1C(=O)c2ccc3c4ccc5c6c(ccc(c7ccc(c2c37)C1=O)c64)C(=O)N(C(COC(=O)CCC(=O)OC(COC(=O)C(=C)C)COC(=O)C(=C)C)COC(=O)CCC(=O)OC(COC(=O)C(=C)C)COC(=O)C(=C)C)C5=O. The smallest absolute Gasteiger partial charge is 0.333 e. The molecule has 2 heterocycles. The van der Waals surface area contributed by atoms with Crippen molar-refractivity contribution in [2.24, 2.45) is 0 Å². The minimum Gasteiger partial charge on any atom is -0.463 e. The Kier molecular flexibility index (Phi) is 36.2. The summed E-state index contributed by atoms with van der Waals surface area (Å²) in [5, 5.41) is 2.31. The van der Waals surface area contributed by atoms with Gasteiger partial charge < -0.3 is 75.8 Å². The van der Waals surface area contributed by atoms with Crippen LogP contribution in [0.4, 0.5) is 0 Å². The van der Waals surface area contributed by atoms with Crippen molar-refractivity contribution in [1.29, 1.82) is 0 Å². The molecule has 0 fully saturated rings. The molecule has 0 saturated carbocycles. The predicted octanol–water partition coefficient (Wildman–Crippen LogP) is 7.56. The zero-order valence-corrected chi connectivity index (χ0v) is 71.5. The van der Waals surface area contributed by atoms with Gasteiger partial charge in [0, 0.05) is 77.6 Å². The second kappa shape index (κ2) is 46.2. The van der Waals surface area contributed by atoms with E-state index in [9.17, 15) is 76.7 Å². The number of hydrogen-bond acceptors (Lipinski definition) is 36. The number of benzene rings is 5. The monoisotopic (exact) mass is 1780 g/mol. The molecule has 38 nitrogen and oxygen atoms in total. The lowest BCUT2D eigenvalue weighted by Gasteiger charge is -2.34. The summed E-state index contributed by atoms with van der Waals surface area (Å²) in [6.07, 6.45) is -11.4. The molecule has 0 bridgehead atoms. The first-order valence-electron chi connectivity index (χ1n) is 39.4. The summed E-state index contributed by atoms with van der Waals surface area (Å²) in [6.45, 7) is 30.1. The van der Waals surface area contributed by atoms with Gasteiger partial charge in [-0.15, -0.1) is 0 Å². The molecule has 0 N–H and O–H groups in total. The molecule has 0 unspecified atom stereocenters. The Balaban J connectivity index is 1.18. The molecule has 38 heteroatoms. The lowest BCUT2D eigenvalue weighted by molar-refractivity contribution is -0.165. The Morgan fingerprint density at radius 1 is 0.227 bits per heavy atom. The number of nitrogens with zero attached hydrogens (tertiary/aromatic N) is 2. The van der Waals surface area contributed by atoms with E-state index >= 15 is 19.2 Å². The molecule has 0 aromatic heterocycles. The molecule has 5 aromatic rings. The van der Waals surface area contributed by atoms with Crippen LogP contribution in [0, 0.1) is 0 Å². The molecule has 7 rings (SSSR count). The lowest BCUT2D eigenvalue weighted by atomic mass is 9.82. The number of carbonyl (C=O) groups excluding carboxylic acids is 20. The third-order valence-corrected chi connectivity index (χ3v) is 18.5. The summed E-state index contributed by atoms with van der Waals surface area (Å²) in [4.78, 5) is 268. The zero-order valence-electron chi connectivity index (χ0n) is 71.5. The van der Waals surface area contributed by atoms with Crippen LogP contribution < -0.4 is 0 Å².